The first-order valence-electron chi connectivity index (χ1n) is 2.41. The predicted molar refractivity (Wildman–Crippen MR) is 28.2 cm³/mol. The van der Waals surface area contributed by atoms with Crippen LogP contribution in [0.15, 0.2) is 0 Å². The monoisotopic (exact) mass is 118 g/mol. The molecular weight excluding hydrogens is 108 g/mol. The lowest BCUT2D eigenvalue weighted by molar-refractivity contribution is -0.162. The number of nitrogens with zero attached hydrogens (tertiary/aromatic N) is 1. The average Bonchev–Trinajstić information content (AvgIpc) is 1.84. The molecule has 0 aliphatic heterocycles. The molecule has 0 fully saturated rings. The Balaban J connectivity index is 3.46. The summed E-state index contributed by atoms with van der Waals surface area (Å²) in [6, 6.07) is 0. The second-order valence-corrected chi connectivity index (χ2v) is 1.31. The maximum absolute atomic E-state index is 10.3. The number of hydrogen-bond acceptors (Lipinski definition) is 3. The molecule has 4 nitrogen and oxygen atoms in total. The smallest absolute Gasteiger partial charge is 0.259 e. The van der Waals surface area contributed by atoms with Gasteiger partial charge in [0.25, 0.3) is 5.91 Å². The minimum atomic E-state index is -0.451. The summed E-state index contributed by atoms with van der Waals surface area (Å²) in [5.74, 6) is -0.451. The average molecular weight is 118 g/mol. The zero-order valence-electron chi connectivity index (χ0n) is 4.79. The van der Waals surface area contributed by atoms with Crippen LogP contribution in [0.25, 0.3) is 0 Å². The zero-order chi connectivity index (χ0) is 6.57. The lowest BCUT2D eigenvalue weighted by atomic mass is 10.6. The van der Waals surface area contributed by atoms with Gasteiger partial charge in [0.05, 0.1) is 6.54 Å². The number of nitrogens with two attached hydrogens (primary N) is 1. The number of hydrogen-bond donors (Lipinski definition) is 2. The number of carbonyl (C=O) groups excluding carboxylic acids is 1. The lowest BCUT2D eigenvalue weighted by Crippen LogP contribution is -2.32. The van der Waals surface area contributed by atoms with Crippen molar-refractivity contribution in [1.29, 1.82) is 0 Å². The molecule has 48 valence electrons. The van der Waals surface area contributed by atoms with Crippen molar-refractivity contribution in [1.82, 2.24) is 5.06 Å². The Morgan fingerprint density at radius 3 is 2.50 bits per heavy atom. The van der Waals surface area contributed by atoms with Gasteiger partial charge in [0.1, 0.15) is 0 Å². The summed E-state index contributed by atoms with van der Waals surface area (Å²) >= 11 is 0. The highest BCUT2D eigenvalue weighted by atomic mass is 16.5. The molecule has 4 heteroatoms. The first-order valence-corrected chi connectivity index (χ1v) is 2.41. The van der Waals surface area contributed by atoms with Crippen LogP contribution in [-0.2, 0) is 4.79 Å². The SMILES string of the molecule is CCN(O)C(=O)CN. The summed E-state index contributed by atoms with van der Waals surface area (Å²) < 4.78 is 0. The van der Waals surface area contributed by atoms with Gasteiger partial charge in [-0.25, -0.2) is 5.06 Å². The van der Waals surface area contributed by atoms with Crippen LogP contribution in [0.4, 0.5) is 0 Å². The van der Waals surface area contributed by atoms with Crippen molar-refractivity contribution in [3.63, 3.8) is 0 Å². The van der Waals surface area contributed by atoms with Gasteiger partial charge in [0.2, 0.25) is 0 Å². The highest BCUT2D eigenvalue weighted by Crippen LogP contribution is 1.77. The van der Waals surface area contributed by atoms with Gasteiger partial charge in [-0.1, -0.05) is 0 Å². The molecule has 0 atom stereocenters. The minimum absolute atomic E-state index is 0.135. The Labute approximate surface area is 47.8 Å². The van der Waals surface area contributed by atoms with Crippen LogP contribution in [0.1, 0.15) is 6.92 Å². The van der Waals surface area contributed by atoms with E-state index in [2.05, 4.69) is 0 Å². The van der Waals surface area contributed by atoms with Gasteiger partial charge in [-0.15, -0.1) is 0 Å². The summed E-state index contributed by atoms with van der Waals surface area (Å²) in [6.45, 7) is 1.81. The predicted octanol–water partition coefficient (Wildman–Crippen LogP) is -0.817. The normalized spacial score (nSPS) is 8.88. The van der Waals surface area contributed by atoms with E-state index in [1.807, 2.05) is 0 Å². The van der Waals surface area contributed by atoms with E-state index >= 15 is 0 Å². The summed E-state index contributed by atoms with van der Waals surface area (Å²) in [5.41, 5.74) is 4.90. The van der Waals surface area contributed by atoms with Crippen molar-refractivity contribution in [2.45, 2.75) is 6.92 Å². The van der Waals surface area contributed by atoms with Crippen LogP contribution in [0, 0.1) is 0 Å². The van der Waals surface area contributed by atoms with E-state index in [1.165, 1.54) is 0 Å². The third kappa shape index (κ3) is 1.90. The Morgan fingerprint density at radius 1 is 1.88 bits per heavy atom. The van der Waals surface area contributed by atoms with Gasteiger partial charge in [0.15, 0.2) is 0 Å². The van der Waals surface area contributed by atoms with Gasteiger partial charge < -0.3 is 5.73 Å². The molecule has 0 rings (SSSR count). The minimum Gasteiger partial charge on any atom is -0.322 e. The molecule has 0 saturated carbocycles. The lowest BCUT2D eigenvalue weighted by Gasteiger charge is -2.08. The molecule has 0 unspecified atom stereocenters. The Hall–Kier alpha value is -0.610. The second-order valence-electron chi connectivity index (χ2n) is 1.31. The van der Waals surface area contributed by atoms with E-state index in [1.54, 1.807) is 6.92 Å². The zero-order valence-corrected chi connectivity index (χ0v) is 4.79. The highest BCUT2D eigenvalue weighted by molar-refractivity contribution is 5.76. The van der Waals surface area contributed by atoms with Crippen LogP contribution in [0.2, 0.25) is 0 Å². The molecule has 3 N–H and O–H groups in total. The van der Waals surface area contributed by atoms with Gasteiger partial charge in [0, 0.05) is 6.54 Å². The van der Waals surface area contributed by atoms with Crippen molar-refractivity contribution >= 4 is 5.91 Å². The van der Waals surface area contributed by atoms with Crippen LogP contribution in [-0.4, -0.2) is 29.3 Å². The molecule has 8 heavy (non-hydrogen) atoms. The summed E-state index contributed by atoms with van der Waals surface area (Å²) in [4.78, 5) is 10.3. The van der Waals surface area contributed by atoms with E-state index in [0.717, 1.165) is 0 Å². The maximum atomic E-state index is 10.3. The molecule has 0 aromatic rings. The van der Waals surface area contributed by atoms with Crippen molar-refractivity contribution in [3.8, 4) is 0 Å². The Morgan fingerprint density at radius 2 is 2.38 bits per heavy atom. The number of amides is 1. The van der Waals surface area contributed by atoms with Gasteiger partial charge in [-0.05, 0) is 6.92 Å². The second kappa shape index (κ2) is 3.40. The van der Waals surface area contributed by atoms with E-state index in [-0.39, 0.29) is 13.1 Å². The third-order valence-corrected chi connectivity index (χ3v) is 0.762. The third-order valence-electron chi connectivity index (χ3n) is 0.762. The number of likely N-dealkylation sites (N-methyl/N-ethyl adjacent to an activating group) is 1. The first-order chi connectivity index (χ1) is 3.72. The topological polar surface area (TPSA) is 66.6 Å². The molecule has 0 aromatic heterocycles. The van der Waals surface area contributed by atoms with Crippen LogP contribution in [0.3, 0.4) is 0 Å². The van der Waals surface area contributed by atoms with E-state index in [9.17, 15) is 4.79 Å². The molecule has 0 spiro atoms. The van der Waals surface area contributed by atoms with Crippen LogP contribution in [0.5, 0.6) is 0 Å². The number of carbonyl (C=O) groups is 1. The molecule has 0 saturated heterocycles. The maximum Gasteiger partial charge on any atom is 0.259 e. The molecular formula is C4H10N2O2. The van der Waals surface area contributed by atoms with Crippen molar-refractivity contribution in [2.24, 2.45) is 5.73 Å². The van der Waals surface area contributed by atoms with E-state index in [0.29, 0.717) is 5.06 Å². The standard InChI is InChI=1S/C4H10N2O2/c1-2-6(8)4(7)3-5/h8H,2-3,5H2,1H3. The molecule has 0 radical (unpaired) electrons. The molecule has 0 heterocycles. The Kier molecular flexibility index (Phi) is 3.14. The van der Waals surface area contributed by atoms with Gasteiger partial charge in [-0.2, -0.15) is 0 Å². The molecule has 1 amide bonds. The summed E-state index contributed by atoms with van der Waals surface area (Å²) in [6.07, 6.45) is 0. The summed E-state index contributed by atoms with van der Waals surface area (Å²) in [5, 5.41) is 9.11. The summed E-state index contributed by atoms with van der Waals surface area (Å²) in [7, 11) is 0. The Bertz CT molecular complexity index is 84.1. The first kappa shape index (κ1) is 7.39. The molecule has 0 aliphatic carbocycles. The van der Waals surface area contributed by atoms with Gasteiger partial charge >= 0.3 is 0 Å². The van der Waals surface area contributed by atoms with Crippen molar-refractivity contribution < 1.29 is 10.0 Å². The van der Waals surface area contributed by atoms with E-state index in [4.69, 9.17) is 10.9 Å². The van der Waals surface area contributed by atoms with Crippen LogP contribution < -0.4 is 5.73 Å². The fourth-order valence-corrected chi connectivity index (χ4v) is 0.282. The van der Waals surface area contributed by atoms with Gasteiger partial charge in [-0.3, -0.25) is 10.0 Å². The fourth-order valence-electron chi connectivity index (χ4n) is 0.282. The highest BCUT2D eigenvalue weighted by Gasteiger charge is 2.02. The number of rotatable bonds is 2. The molecule has 0 bridgehead atoms. The largest absolute Gasteiger partial charge is 0.322 e. The van der Waals surface area contributed by atoms with Crippen molar-refractivity contribution in [3.05, 3.63) is 0 Å². The molecule has 0 aromatic carbocycles. The van der Waals surface area contributed by atoms with Crippen molar-refractivity contribution in [2.75, 3.05) is 13.1 Å². The quantitative estimate of drug-likeness (QED) is 0.368. The van der Waals surface area contributed by atoms with E-state index < -0.39 is 5.91 Å². The fraction of sp³-hybridized carbons (Fsp3) is 0.750. The number of hydroxylamine groups is 2. The van der Waals surface area contributed by atoms with Crippen LogP contribution >= 0.6 is 0 Å². The molecule has 0 aliphatic rings.